The Morgan fingerprint density at radius 1 is 0.635 bits per heavy atom. The second-order valence-corrected chi connectivity index (χ2v) is 17.6. The van der Waals surface area contributed by atoms with Crippen LogP contribution in [0.15, 0.2) is 105 Å². The zero-order valence-electron chi connectivity index (χ0n) is 37.4. The van der Waals surface area contributed by atoms with Crippen LogP contribution in [0.1, 0.15) is 65.2 Å². The van der Waals surface area contributed by atoms with Crippen LogP contribution in [0.3, 0.4) is 0 Å². The molecule has 7 rings (SSSR count). The minimum absolute atomic E-state index is 0.0355. The number of ether oxygens (including phenoxy) is 4. The van der Waals surface area contributed by atoms with E-state index in [4.69, 9.17) is 18.9 Å². The molecule has 0 saturated carbocycles. The Morgan fingerprint density at radius 2 is 1.11 bits per heavy atom. The van der Waals surface area contributed by atoms with Gasteiger partial charge in [-0.1, -0.05) is 18.2 Å². The lowest BCUT2D eigenvalue weighted by molar-refractivity contribution is -0.159. The van der Waals surface area contributed by atoms with Crippen molar-refractivity contribution in [3.8, 4) is 11.5 Å². The molecule has 2 saturated heterocycles. The molecule has 2 aliphatic heterocycles. The molecular formula is C50H64N4O8S. The summed E-state index contributed by atoms with van der Waals surface area (Å²) >= 11 is 1.87. The number of nitrogens with one attached hydrogen (secondary N) is 1. The van der Waals surface area contributed by atoms with Gasteiger partial charge in [0, 0.05) is 54.5 Å². The molecule has 1 N–H and O–H groups in total. The van der Waals surface area contributed by atoms with E-state index in [0.29, 0.717) is 32.7 Å². The zero-order valence-corrected chi connectivity index (χ0v) is 38.2. The fourth-order valence-electron chi connectivity index (χ4n) is 9.00. The zero-order chi connectivity index (χ0) is 44.7. The third-order valence-corrected chi connectivity index (χ3v) is 13.7. The average Bonchev–Trinajstić information content (AvgIpc) is 3.31. The minimum Gasteiger partial charge on any atom is -0.497 e. The van der Waals surface area contributed by atoms with Gasteiger partial charge < -0.3 is 38.3 Å². The molecule has 63 heavy (non-hydrogen) atoms. The summed E-state index contributed by atoms with van der Waals surface area (Å²) in [5.74, 6) is 2.30. The van der Waals surface area contributed by atoms with Crippen molar-refractivity contribution in [2.24, 2.45) is 10.8 Å². The first-order chi connectivity index (χ1) is 30.6. The molecule has 0 amide bonds. The molecule has 0 atom stereocenters. The summed E-state index contributed by atoms with van der Waals surface area (Å²) < 4.78 is 25.2. The van der Waals surface area contributed by atoms with Gasteiger partial charge in [0.05, 0.1) is 49.3 Å². The molecule has 3 aromatic carbocycles. The topological polar surface area (TPSA) is 130 Å². The first-order valence-electron chi connectivity index (χ1n) is 22.4. The lowest BCUT2D eigenvalue weighted by Crippen LogP contribution is -2.46. The number of pyridine rings is 2. The number of carbonyl (C=O) groups excluding carboxylic acids is 2. The van der Waals surface area contributed by atoms with Crippen LogP contribution in [-0.2, 0) is 32.2 Å². The standard InChI is InChI=1S/C29H36N2O4S.C21H28N2O4/c1-3-35-28(33)29(15-18-30(19-16-29)20-21-36-25-8-5-4-6-9-25)14-7-17-31-26-22-24(34-2)12-10-23(26)11-13-27(31)32;1-3-27-20(25)21(10-12-22-13-11-21)9-4-14-23-18-15-17(26-2)7-5-16(18)6-8-19(23)24/h4-6,8-13,22H,3,7,14-21H2,1-2H3;5-8,15,22H,3-4,9-14H2,1-2H3. The Balaban J connectivity index is 0.000000219. The third kappa shape index (κ3) is 12.1. The van der Waals surface area contributed by atoms with Gasteiger partial charge in [0.25, 0.3) is 11.1 Å². The van der Waals surface area contributed by atoms with E-state index in [2.05, 4.69) is 34.5 Å². The molecule has 0 spiro atoms. The molecule has 0 unspecified atom stereocenters. The smallest absolute Gasteiger partial charge is 0.312 e. The highest BCUT2D eigenvalue weighted by Gasteiger charge is 2.42. The maximum Gasteiger partial charge on any atom is 0.312 e. The van der Waals surface area contributed by atoms with E-state index in [-0.39, 0.29) is 23.1 Å². The molecule has 338 valence electrons. The number of aromatic nitrogens is 2. The number of aryl methyl sites for hydroxylation is 2. The van der Waals surface area contributed by atoms with E-state index < -0.39 is 10.8 Å². The van der Waals surface area contributed by atoms with Crippen molar-refractivity contribution in [3.05, 3.63) is 112 Å². The normalized spacial score (nSPS) is 15.9. The molecular weight excluding hydrogens is 817 g/mol. The Hall–Kier alpha value is -5.11. The van der Waals surface area contributed by atoms with Crippen LogP contribution < -0.4 is 25.9 Å². The second kappa shape index (κ2) is 23.0. The van der Waals surface area contributed by atoms with Crippen molar-refractivity contribution in [1.82, 2.24) is 19.4 Å². The number of carbonyl (C=O) groups is 2. The predicted molar refractivity (Wildman–Crippen MR) is 251 cm³/mol. The molecule has 2 aliphatic rings. The number of methoxy groups -OCH3 is 2. The summed E-state index contributed by atoms with van der Waals surface area (Å²) in [7, 11) is 3.25. The van der Waals surface area contributed by atoms with Crippen LogP contribution in [0.25, 0.3) is 21.8 Å². The summed E-state index contributed by atoms with van der Waals surface area (Å²) in [6, 6.07) is 28.9. The van der Waals surface area contributed by atoms with E-state index in [1.54, 1.807) is 35.5 Å². The fourth-order valence-corrected chi connectivity index (χ4v) is 9.94. The van der Waals surface area contributed by atoms with E-state index >= 15 is 0 Å². The van der Waals surface area contributed by atoms with Gasteiger partial charge in [-0.25, -0.2) is 0 Å². The number of hydrogen-bond donors (Lipinski definition) is 1. The van der Waals surface area contributed by atoms with Crippen LogP contribution in [0, 0.1) is 10.8 Å². The lowest BCUT2D eigenvalue weighted by atomic mass is 9.74. The molecule has 0 aliphatic carbocycles. The average molecular weight is 881 g/mol. The third-order valence-electron chi connectivity index (χ3n) is 12.7. The number of rotatable bonds is 18. The van der Waals surface area contributed by atoms with Crippen LogP contribution in [0.5, 0.6) is 11.5 Å². The summed E-state index contributed by atoms with van der Waals surface area (Å²) in [6.45, 7) is 10.1. The SMILES string of the molecule is CCOC(=O)C1(CCCn2c(=O)ccc3ccc(OC)cc32)CCN(CCSc2ccccc2)CC1.CCOC(=O)C1(CCCn2c(=O)ccc3ccc(OC)cc32)CCNCC1. The Kier molecular flexibility index (Phi) is 17.3. The van der Waals surface area contributed by atoms with Gasteiger partial charge in [-0.2, -0.15) is 0 Å². The summed E-state index contributed by atoms with van der Waals surface area (Å²) in [4.78, 5) is 54.6. The van der Waals surface area contributed by atoms with E-state index in [9.17, 15) is 19.2 Å². The quantitative estimate of drug-likeness (QED) is 0.0680. The van der Waals surface area contributed by atoms with Gasteiger partial charge in [0.15, 0.2) is 0 Å². The van der Waals surface area contributed by atoms with E-state index in [1.165, 1.54) is 4.90 Å². The van der Waals surface area contributed by atoms with Crippen molar-refractivity contribution in [2.45, 2.75) is 83.2 Å². The number of nitrogens with zero attached hydrogens (tertiary/aromatic N) is 3. The fraction of sp³-hybridized carbons (Fsp3) is 0.480. The van der Waals surface area contributed by atoms with Crippen molar-refractivity contribution >= 4 is 45.5 Å². The molecule has 13 heteroatoms. The summed E-state index contributed by atoms with van der Waals surface area (Å²) in [5, 5.41) is 5.31. The van der Waals surface area contributed by atoms with Gasteiger partial charge in [0.1, 0.15) is 11.5 Å². The largest absolute Gasteiger partial charge is 0.497 e. The van der Waals surface area contributed by atoms with Crippen LogP contribution >= 0.6 is 11.8 Å². The maximum atomic E-state index is 13.1. The van der Waals surface area contributed by atoms with Gasteiger partial charge in [0.2, 0.25) is 0 Å². The molecule has 5 aromatic rings. The number of hydrogen-bond acceptors (Lipinski definition) is 11. The highest BCUT2D eigenvalue weighted by molar-refractivity contribution is 7.99. The predicted octanol–water partition coefficient (Wildman–Crippen LogP) is 7.95. The van der Waals surface area contributed by atoms with Crippen molar-refractivity contribution < 1.29 is 28.5 Å². The number of benzene rings is 3. The first kappa shape index (κ1) is 47.4. The molecule has 0 radical (unpaired) electrons. The second-order valence-electron chi connectivity index (χ2n) is 16.5. The van der Waals surface area contributed by atoms with Crippen LogP contribution in [0.2, 0.25) is 0 Å². The van der Waals surface area contributed by atoms with Crippen molar-refractivity contribution in [3.63, 3.8) is 0 Å². The van der Waals surface area contributed by atoms with Gasteiger partial charge in [-0.3, -0.25) is 19.2 Å². The highest BCUT2D eigenvalue weighted by Crippen LogP contribution is 2.39. The van der Waals surface area contributed by atoms with Crippen LogP contribution in [0.4, 0.5) is 0 Å². The van der Waals surface area contributed by atoms with Crippen molar-refractivity contribution in [1.29, 1.82) is 0 Å². The first-order valence-corrected chi connectivity index (χ1v) is 23.4. The van der Waals surface area contributed by atoms with Gasteiger partial charge in [-0.15, -0.1) is 11.8 Å². The Labute approximate surface area is 375 Å². The monoisotopic (exact) mass is 880 g/mol. The Bertz CT molecular complexity index is 2390. The molecule has 0 bridgehead atoms. The number of piperidine rings is 2. The minimum atomic E-state index is -0.481. The number of esters is 2. The molecule has 4 heterocycles. The maximum absolute atomic E-state index is 13.1. The van der Waals surface area contributed by atoms with Gasteiger partial charge >= 0.3 is 11.9 Å². The summed E-state index contributed by atoms with van der Waals surface area (Å²) in [5.41, 5.74) is 0.728. The van der Waals surface area contributed by atoms with E-state index in [1.807, 2.05) is 80.2 Å². The van der Waals surface area contributed by atoms with E-state index in [0.717, 1.165) is 117 Å². The van der Waals surface area contributed by atoms with Crippen LogP contribution in [-0.4, -0.2) is 91.9 Å². The lowest BCUT2D eigenvalue weighted by Gasteiger charge is -2.40. The molecule has 12 nitrogen and oxygen atoms in total. The number of fused-ring (bicyclic) bond motifs is 2. The highest BCUT2D eigenvalue weighted by atomic mass is 32.2. The van der Waals surface area contributed by atoms with Gasteiger partial charge in [-0.05, 0) is 151 Å². The number of thioether (sulfide) groups is 1. The number of likely N-dealkylation sites (tertiary alicyclic amines) is 1. The van der Waals surface area contributed by atoms with Crippen molar-refractivity contribution in [2.75, 3.05) is 65.9 Å². The summed E-state index contributed by atoms with van der Waals surface area (Å²) in [6.07, 6.45) is 6.06. The molecule has 2 aromatic heterocycles. The Morgan fingerprint density at radius 3 is 1.59 bits per heavy atom. The molecule has 2 fully saturated rings.